The van der Waals surface area contributed by atoms with Crippen LogP contribution in [0.5, 0.6) is 5.75 Å². The van der Waals surface area contributed by atoms with E-state index in [9.17, 15) is 18.0 Å². The van der Waals surface area contributed by atoms with Crippen LogP contribution in [0.1, 0.15) is 56.7 Å². The molecule has 1 aliphatic carbocycles. The van der Waals surface area contributed by atoms with Crippen LogP contribution in [0.15, 0.2) is 23.2 Å². The van der Waals surface area contributed by atoms with Crippen LogP contribution in [-0.2, 0) is 16.0 Å². The number of guanidine groups is 1. The smallest absolute Gasteiger partial charge is 0.406 e. The van der Waals surface area contributed by atoms with E-state index in [0.717, 1.165) is 31.2 Å². The molecule has 1 atom stereocenters. The van der Waals surface area contributed by atoms with Gasteiger partial charge in [-0.3, -0.25) is 9.69 Å². The summed E-state index contributed by atoms with van der Waals surface area (Å²) in [5.74, 6) is 0.115. The minimum absolute atomic E-state index is 0.272. The minimum atomic E-state index is -4.56. The van der Waals surface area contributed by atoms with Crippen molar-refractivity contribution in [3.05, 3.63) is 29.3 Å². The second-order valence-corrected chi connectivity index (χ2v) is 9.08. The van der Waals surface area contributed by atoms with Gasteiger partial charge in [-0.2, -0.15) is 13.2 Å². The molecule has 1 aromatic carbocycles. The van der Waals surface area contributed by atoms with Crippen LogP contribution >= 0.6 is 0 Å². The van der Waals surface area contributed by atoms with Crippen molar-refractivity contribution in [3.63, 3.8) is 0 Å². The Morgan fingerprint density at radius 3 is 2.50 bits per heavy atom. The molecule has 2 N–H and O–H groups in total. The quantitative estimate of drug-likeness (QED) is 0.637. The van der Waals surface area contributed by atoms with Crippen LogP contribution < -0.4 is 10.5 Å². The number of carbonyl (C=O) groups excluding carboxylic acids is 1. The number of ether oxygens (including phenoxy) is 2. The lowest BCUT2D eigenvalue weighted by Crippen LogP contribution is -2.43. The maximum absolute atomic E-state index is 12.9. The molecule has 2 aliphatic rings. The van der Waals surface area contributed by atoms with Gasteiger partial charge in [-0.25, -0.2) is 4.99 Å². The van der Waals surface area contributed by atoms with Crippen LogP contribution in [0.4, 0.5) is 13.2 Å². The maximum atomic E-state index is 12.9. The minimum Gasteiger partial charge on any atom is -0.493 e. The van der Waals surface area contributed by atoms with Gasteiger partial charge in [-0.1, -0.05) is 19.9 Å². The summed E-state index contributed by atoms with van der Waals surface area (Å²) in [6.07, 6.45) is 0.360. The standard InChI is InChI=1S/C23H32F3N3O3/c1-14(2)12-32-18-9-6-16(10-15-4-7-17(31-3)8-5-15)19(11-18)20-21(30)29(22(27)28-20)13-23(24,25)26/h6,9,11,14-15,17,20H,4-5,7-8,10,12-13H2,1-3H3,(H2,27,28). The van der Waals surface area contributed by atoms with Gasteiger partial charge in [-0.05, 0) is 67.2 Å². The van der Waals surface area contributed by atoms with E-state index in [4.69, 9.17) is 15.2 Å². The van der Waals surface area contributed by atoms with Crippen LogP contribution in [0, 0.1) is 11.8 Å². The van der Waals surface area contributed by atoms with E-state index in [1.54, 1.807) is 13.2 Å². The molecule has 1 aliphatic heterocycles. The van der Waals surface area contributed by atoms with E-state index in [2.05, 4.69) is 4.99 Å². The van der Waals surface area contributed by atoms with E-state index < -0.39 is 30.6 Å². The summed E-state index contributed by atoms with van der Waals surface area (Å²) in [6, 6.07) is 4.39. The highest BCUT2D eigenvalue weighted by atomic mass is 19.4. The number of aliphatic imine (C=N–C) groups is 1. The predicted octanol–water partition coefficient (Wildman–Crippen LogP) is 4.23. The first-order chi connectivity index (χ1) is 15.1. The molecule has 1 aromatic rings. The number of hydrogen-bond acceptors (Lipinski definition) is 5. The molecule has 0 spiro atoms. The highest BCUT2D eigenvalue weighted by molar-refractivity contribution is 6.04. The third kappa shape index (κ3) is 6.15. The fraction of sp³-hybridized carbons (Fsp3) is 0.652. The summed E-state index contributed by atoms with van der Waals surface area (Å²) in [5.41, 5.74) is 7.18. The molecule has 6 nitrogen and oxygen atoms in total. The summed E-state index contributed by atoms with van der Waals surface area (Å²) < 4.78 is 50.1. The lowest BCUT2D eigenvalue weighted by Gasteiger charge is -2.28. The predicted molar refractivity (Wildman–Crippen MR) is 115 cm³/mol. The largest absolute Gasteiger partial charge is 0.493 e. The summed E-state index contributed by atoms with van der Waals surface area (Å²) in [7, 11) is 1.72. The van der Waals surface area contributed by atoms with Crippen molar-refractivity contribution in [2.75, 3.05) is 20.3 Å². The summed E-state index contributed by atoms with van der Waals surface area (Å²) in [4.78, 5) is 17.5. The van der Waals surface area contributed by atoms with E-state index >= 15 is 0 Å². The van der Waals surface area contributed by atoms with Gasteiger partial charge in [0.1, 0.15) is 12.3 Å². The van der Waals surface area contributed by atoms with Crippen molar-refractivity contribution in [1.29, 1.82) is 0 Å². The molecule has 1 fully saturated rings. The molecular formula is C23H32F3N3O3. The van der Waals surface area contributed by atoms with Gasteiger partial charge in [0.2, 0.25) is 0 Å². The third-order valence-corrected chi connectivity index (χ3v) is 6.01. The summed E-state index contributed by atoms with van der Waals surface area (Å²) in [5, 5.41) is 0. The number of alkyl halides is 3. The van der Waals surface area contributed by atoms with E-state index in [1.165, 1.54) is 0 Å². The molecule has 0 radical (unpaired) electrons. The first-order valence-corrected chi connectivity index (χ1v) is 11.1. The van der Waals surface area contributed by atoms with Gasteiger partial charge >= 0.3 is 6.18 Å². The van der Waals surface area contributed by atoms with Gasteiger partial charge in [0.25, 0.3) is 5.91 Å². The third-order valence-electron chi connectivity index (χ3n) is 6.01. The van der Waals surface area contributed by atoms with Crippen LogP contribution in [-0.4, -0.2) is 49.3 Å². The Morgan fingerprint density at radius 1 is 1.22 bits per heavy atom. The van der Waals surface area contributed by atoms with E-state index in [0.29, 0.717) is 41.1 Å². The molecule has 9 heteroatoms. The summed E-state index contributed by atoms with van der Waals surface area (Å²) >= 11 is 0. The normalized spacial score (nSPS) is 24.2. The zero-order valence-electron chi connectivity index (χ0n) is 18.8. The molecule has 1 heterocycles. The Bertz CT molecular complexity index is 834. The number of benzene rings is 1. The van der Waals surface area contributed by atoms with Crippen molar-refractivity contribution in [1.82, 2.24) is 4.90 Å². The average Bonchev–Trinajstić information content (AvgIpc) is 3.00. The Kier molecular flexibility index (Phi) is 7.69. The maximum Gasteiger partial charge on any atom is 0.406 e. The number of nitrogens with zero attached hydrogens (tertiary/aromatic N) is 2. The lowest BCUT2D eigenvalue weighted by atomic mass is 9.82. The highest BCUT2D eigenvalue weighted by Crippen LogP contribution is 2.36. The fourth-order valence-corrected chi connectivity index (χ4v) is 4.31. The first kappa shape index (κ1) is 24.4. The SMILES string of the molecule is COC1CCC(Cc2ccc(OCC(C)C)cc2C2N=C(N)N(CC(F)(F)F)C2=O)CC1. The van der Waals surface area contributed by atoms with Gasteiger partial charge in [0.15, 0.2) is 12.0 Å². The average molecular weight is 456 g/mol. The second kappa shape index (κ2) is 10.1. The van der Waals surface area contributed by atoms with E-state index in [1.807, 2.05) is 26.0 Å². The van der Waals surface area contributed by atoms with Crippen molar-refractivity contribution in [3.8, 4) is 5.75 Å². The molecule has 32 heavy (non-hydrogen) atoms. The number of halogens is 3. The number of carbonyl (C=O) groups is 1. The van der Waals surface area contributed by atoms with Gasteiger partial charge in [0.05, 0.1) is 12.7 Å². The molecule has 0 saturated heterocycles. The van der Waals surface area contributed by atoms with Crippen LogP contribution in [0.25, 0.3) is 0 Å². The molecule has 0 bridgehead atoms. The number of amides is 1. The molecule has 1 amide bonds. The van der Waals surface area contributed by atoms with Gasteiger partial charge in [-0.15, -0.1) is 0 Å². The fourth-order valence-electron chi connectivity index (χ4n) is 4.31. The number of methoxy groups -OCH3 is 1. The topological polar surface area (TPSA) is 77.2 Å². The van der Waals surface area contributed by atoms with Crippen LogP contribution in [0.3, 0.4) is 0 Å². The molecule has 1 saturated carbocycles. The number of nitrogens with two attached hydrogens (primary N) is 1. The Morgan fingerprint density at radius 2 is 1.91 bits per heavy atom. The molecule has 3 rings (SSSR count). The molecule has 0 aromatic heterocycles. The van der Waals surface area contributed by atoms with Gasteiger partial charge in [0, 0.05) is 7.11 Å². The van der Waals surface area contributed by atoms with Gasteiger partial charge < -0.3 is 15.2 Å². The highest BCUT2D eigenvalue weighted by Gasteiger charge is 2.42. The zero-order chi connectivity index (χ0) is 23.5. The first-order valence-electron chi connectivity index (χ1n) is 11.1. The zero-order valence-corrected chi connectivity index (χ0v) is 18.8. The molecule has 178 valence electrons. The summed E-state index contributed by atoms with van der Waals surface area (Å²) in [6.45, 7) is 3.08. The van der Waals surface area contributed by atoms with E-state index in [-0.39, 0.29) is 6.10 Å². The molecular weight excluding hydrogens is 423 g/mol. The van der Waals surface area contributed by atoms with Crippen LogP contribution in [0.2, 0.25) is 0 Å². The number of hydrogen-bond donors (Lipinski definition) is 1. The Balaban J connectivity index is 1.86. The van der Waals surface area contributed by atoms with Crippen molar-refractivity contribution < 1.29 is 27.4 Å². The Labute approximate surface area is 187 Å². The molecule has 1 unspecified atom stereocenters. The lowest BCUT2D eigenvalue weighted by molar-refractivity contribution is -0.152. The van der Waals surface area contributed by atoms with Crippen molar-refractivity contribution in [2.45, 2.75) is 64.3 Å². The van der Waals surface area contributed by atoms with Crippen molar-refractivity contribution in [2.24, 2.45) is 22.6 Å². The van der Waals surface area contributed by atoms with Crippen molar-refractivity contribution >= 4 is 11.9 Å². The number of rotatable bonds is 8. The monoisotopic (exact) mass is 455 g/mol. The Hall–Kier alpha value is -2.29. The second-order valence-electron chi connectivity index (χ2n) is 9.08.